The Balaban J connectivity index is -0.00000291. The molecule has 0 amide bonds. The van der Waals surface area contributed by atoms with Gasteiger partial charge in [0.05, 0.1) is 25.9 Å². The third-order valence-corrected chi connectivity index (χ3v) is 6.11. The molecule has 4 heteroatoms. The fraction of sp³-hybridized carbons (Fsp3) is 0.882. The molecule has 0 aromatic heterocycles. The lowest BCUT2D eigenvalue weighted by atomic mass is 10.0. The Kier molecular flexibility index (Phi) is 44.9. The third-order valence-electron chi connectivity index (χ3n) is 6.11. The zero-order valence-corrected chi connectivity index (χ0v) is 27.2. The molecule has 0 rings (SSSR count). The van der Waals surface area contributed by atoms with Crippen LogP contribution in [0.2, 0.25) is 0 Å². The fourth-order valence-corrected chi connectivity index (χ4v) is 3.91. The minimum Gasteiger partial charge on any atom is -0.393 e. The second-order valence-electron chi connectivity index (χ2n) is 9.95. The van der Waals surface area contributed by atoms with Crippen molar-refractivity contribution >= 4 is 0 Å². The summed E-state index contributed by atoms with van der Waals surface area (Å²) in [7, 11) is 4.14. The first-order valence-corrected chi connectivity index (χ1v) is 16.4. The van der Waals surface area contributed by atoms with Crippen molar-refractivity contribution in [3.63, 3.8) is 0 Å². The minimum atomic E-state index is -0.0786. The molecule has 1 unspecified atom stereocenters. The minimum absolute atomic E-state index is 0.0786. The highest BCUT2D eigenvalue weighted by atomic mass is 16.5. The highest BCUT2D eigenvalue weighted by molar-refractivity contribution is 4.81. The lowest BCUT2D eigenvalue weighted by molar-refractivity contribution is 0.141. The monoisotopic (exact) mass is 542 g/mol. The van der Waals surface area contributed by atoms with Crippen LogP contribution in [0.3, 0.4) is 0 Å². The third kappa shape index (κ3) is 42.4. The number of allylic oxidation sites excluding steroid dienone is 2. The molecule has 0 aromatic rings. The first kappa shape index (κ1) is 41.8. The second kappa shape index (κ2) is 40.8. The first-order valence-electron chi connectivity index (χ1n) is 16.4. The summed E-state index contributed by atoms with van der Waals surface area (Å²) in [6.45, 7) is 14.3. The number of nitrogens with zero attached hydrogens (tertiary/aromatic N) is 1. The van der Waals surface area contributed by atoms with Gasteiger partial charge >= 0.3 is 0 Å². The predicted octanol–water partition coefficient (Wildman–Crippen LogP) is 9.76. The molecular formula is C34H71NO3. The van der Waals surface area contributed by atoms with Crippen molar-refractivity contribution in [2.75, 3.05) is 47.1 Å². The maximum Gasteiger partial charge on any atom is 0.0648 e. The SMILES string of the molecule is CC.CC.CCCOC/C=C\CCCCCCCCC(O)CCCCCCCC/C=C\COCCN(C)C. The molecule has 0 fully saturated rings. The van der Waals surface area contributed by atoms with Crippen molar-refractivity contribution in [1.82, 2.24) is 4.90 Å². The number of aliphatic hydroxyl groups is 1. The van der Waals surface area contributed by atoms with E-state index < -0.39 is 0 Å². The molecule has 0 heterocycles. The van der Waals surface area contributed by atoms with Gasteiger partial charge in [0.2, 0.25) is 0 Å². The van der Waals surface area contributed by atoms with E-state index in [-0.39, 0.29) is 6.10 Å². The zero-order valence-electron chi connectivity index (χ0n) is 27.2. The molecule has 0 radical (unpaired) electrons. The number of likely N-dealkylation sites (N-methyl/N-ethyl adjacent to an activating group) is 1. The van der Waals surface area contributed by atoms with E-state index in [9.17, 15) is 5.11 Å². The molecule has 1 atom stereocenters. The summed E-state index contributed by atoms with van der Waals surface area (Å²) < 4.78 is 11.0. The maximum atomic E-state index is 10.2. The number of hydrogen-bond acceptors (Lipinski definition) is 4. The summed E-state index contributed by atoms with van der Waals surface area (Å²) >= 11 is 0. The van der Waals surface area contributed by atoms with Crippen LogP contribution in [0.5, 0.6) is 0 Å². The van der Waals surface area contributed by atoms with Crippen LogP contribution in [0, 0.1) is 0 Å². The van der Waals surface area contributed by atoms with Gasteiger partial charge in [-0.05, 0) is 59.0 Å². The standard InChI is InChI=1S/C30H59NO3.2C2H6/c1-4-26-33-27-21-17-13-9-5-7-11-15-19-23-30(32)24-20-16-12-8-6-10-14-18-22-28-34-29-25-31(2)3;2*1-2/h17-18,21-22,30,32H,4-16,19-20,23-29H2,1-3H3;2*1-2H3/b21-17-,22-18-;;. The van der Waals surface area contributed by atoms with E-state index in [1.807, 2.05) is 27.7 Å². The van der Waals surface area contributed by atoms with Gasteiger partial charge in [-0.15, -0.1) is 0 Å². The Morgan fingerprint density at radius 1 is 0.579 bits per heavy atom. The maximum absolute atomic E-state index is 10.2. The average molecular weight is 542 g/mol. The molecule has 0 aromatic carbocycles. The summed E-state index contributed by atoms with van der Waals surface area (Å²) in [4.78, 5) is 2.14. The number of hydrogen-bond donors (Lipinski definition) is 1. The molecule has 0 spiro atoms. The van der Waals surface area contributed by atoms with Crippen molar-refractivity contribution in [2.24, 2.45) is 0 Å². The quantitative estimate of drug-likeness (QED) is 0.0830. The summed E-state index contributed by atoms with van der Waals surface area (Å²) in [5, 5.41) is 10.2. The Morgan fingerprint density at radius 3 is 1.39 bits per heavy atom. The van der Waals surface area contributed by atoms with E-state index in [1.54, 1.807) is 0 Å². The Hall–Kier alpha value is -0.680. The molecule has 0 saturated heterocycles. The van der Waals surface area contributed by atoms with Crippen LogP contribution >= 0.6 is 0 Å². The number of ether oxygens (including phenoxy) is 2. The van der Waals surface area contributed by atoms with Crippen LogP contribution in [0.1, 0.15) is 144 Å². The van der Waals surface area contributed by atoms with Crippen molar-refractivity contribution in [1.29, 1.82) is 0 Å². The van der Waals surface area contributed by atoms with Gasteiger partial charge in [0, 0.05) is 13.2 Å². The Bertz CT molecular complexity index is 437. The normalized spacial score (nSPS) is 12.0. The van der Waals surface area contributed by atoms with Crippen LogP contribution in [-0.2, 0) is 9.47 Å². The molecule has 1 N–H and O–H groups in total. The van der Waals surface area contributed by atoms with E-state index in [1.165, 1.54) is 89.9 Å². The molecule has 4 nitrogen and oxygen atoms in total. The van der Waals surface area contributed by atoms with Crippen molar-refractivity contribution in [2.45, 2.75) is 150 Å². The van der Waals surface area contributed by atoms with Gasteiger partial charge in [0.1, 0.15) is 0 Å². The van der Waals surface area contributed by atoms with Gasteiger partial charge < -0.3 is 19.5 Å². The largest absolute Gasteiger partial charge is 0.393 e. The summed E-state index contributed by atoms with van der Waals surface area (Å²) in [6.07, 6.45) is 29.6. The topological polar surface area (TPSA) is 41.9 Å². The molecule has 0 saturated carbocycles. The Morgan fingerprint density at radius 2 is 0.974 bits per heavy atom. The molecule has 0 bridgehead atoms. The average Bonchev–Trinajstić information content (AvgIpc) is 2.93. The fourth-order valence-electron chi connectivity index (χ4n) is 3.91. The highest BCUT2D eigenvalue weighted by Crippen LogP contribution is 2.15. The lowest BCUT2D eigenvalue weighted by Gasteiger charge is -2.10. The van der Waals surface area contributed by atoms with Crippen LogP contribution in [0.4, 0.5) is 0 Å². The van der Waals surface area contributed by atoms with Gasteiger partial charge in [-0.2, -0.15) is 0 Å². The van der Waals surface area contributed by atoms with Gasteiger partial charge in [-0.3, -0.25) is 0 Å². The highest BCUT2D eigenvalue weighted by Gasteiger charge is 2.03. The number of unbranched alkanes of at least 4 members (excludes halogenated alkanes) is 12. The van der Waals surface area contributed by atoms with E-state index >= 15 is 0 Å². The number of rotatable bonds is 27. The molecule has 0 aliphatic heterocycles. The van der Waals surface area contributed by atoms with E-state index in [0.717, 1.165) is 52.2 Å². The van der Waals surface area contributed by atoms with Gasteiger partial charge in [0.25, 0.3) is 0 Å². The Labute approximate surface area is 240 Å². The second-order valence-corrected chi connectivity index (χ2v) is 9.95. The summed E-state index contributed by atoms with van der Waals surface area (Å²) in [5.74, 6) is 0. The van der Waals surface area contributed by atoms with E-state index in [0.29, 0.717) is 0 Å². The zero-order chi connectivity index (χ0) is 29.0. The van der Waals surface area contributed by atoms with Crippen LogP contribution in [0.15, 0.2) is 24.3 Å². The molecule has 38 heavy (non-hydrogen) atoms. The smallest absolute Gasteiger partial charge is 0.0648 e. The van der Waals surface area contributed by atoms with E-state index in [2.05, 4.69) is 50.2 Å². The van der Waals surface area contributed by atoms with Gasteiger partial charge in [-0.25, -0.2) is 0 Å². The van der Waals surface area contributed by atoms with E-state index in [4.69, 9.17) is 9.47 Å². The van der Waals surface area contributed by atoms with Crippen molar-refractivity contribution in [3.8, 4) is 0 Å². The number of aliphatic hydroxyl groups excluding tert-OH is 1. The van der Waals surface area contributed by atoms with Crippen LogP contribution < -0.4 is 0 Å². The lowest BCUT2D eigenvalue weighted by Crippen LogP contribution is -2.17. The molecule has 230 valence electrons. The molecule has 0 aliphatic carbocycles. The van der Waals surface area contributed by atoms with Crippen molar-refractivity contribution in [3.05, 3.63) is 24.3 Å². The molecular weight excluding hydrogens is 470 g/mol. The van der Waals surface area contributed by atoms with Crippen LogP contribution in [0.25, 0.3) is 0 Å². The van der Waals surface area contributed by atoms with Gasteiger partial charge in [-0.1, -0.05) is 123 Å². The summed E-state index contributed by atoms with van der Waals surface area (Å²) in [6, 6.07) is 0. The summed E-state index contributed by atoms with van der Waals surface area (Å²) in [5.41, 5.74) is 0. The van der Waals surface area contributed by atoms with Crippen LogP contribution in [-0.4, -0.2) is 63.2 Å². The molecule has 0 aliphatic rings. The predicted molar refractivity (Wildman–Crippen MR) is 171 cm³/mol. The van der Waals surface area contributed by atoms with Crippen molar-refractivity contribution < 1.29 is 14.6 Å². The van der Waals surface area contributed by atoms with Gasteiger partial charge in [0.15, 0.2) is 0 Å². The first-order chi connectivity index (χ1) is 18.7.